The van der Waals surface area contributed by atoms with E-state index in [1.165, 1.54) is 5.69 Å². The summed E-state index contributed by atoms with van der Waals surface area (Å²) in [5, 5.41) is 15.0. The van der Waals surface area contributed by atoms with Crippen molar-refractivity contribution in [1.82, 2.24) is 25.4 Å². The van der Waals surface area contributed by atoms with Crippen LogP contribution in [0.15, 0.2) is 72.0 Å². The van der Waals surface area contributed by atoms with Gasteiger partial charge in [-0.3, -0.25) is 4.57 Å². The fourth-order valence-corrected chi connectivity index (χ4v) is 3.25. The summed E-state index contributed by atoms with van der Waals surface area (Å²) in [5.74, 6) is 1.60. The Morgan fingerprint density at radius 1 is 1.00 bits per heavy atom. The highest BCUT2D eigenvalue weighted by molar-refractivity contribution is 5.79. The van der Waals surface area contributed by atoms with Crippen LogP contribution in [0.4, 0.5) is 5.69 Å². The molecular weight excluding hydrogens is 374 g/mol. The summed E-state index contributed by atoms with van der Waals surface area (Å²) in [7, 11) is 0. The SMILES string of the molecule is CCNC(=NCc1nncn1-c1ccccc1)NCCCN(CC)c1ccccc1. The first-order valence-corrected chi connectivity index (χ1v) is 10.6. The molecule has 3 rings (SSSR count). The van der Waals surface area contributed by atoms with Gasteiger partial charge in [0.05, 0.1) is 0 Å². The summed E-state index contributed by atoms with van der Waals surface area (Å²) in [6.07, 6.45) is 2.75. The number of rotatable bonds is 10. The number of anilines is 1. The Morgan fingerprint density at radius 3 is 2.43 bits per heavy atom. The first-order chi connectivity index (χ1) is 14.8. The molecule has 0 bridgehead atoms. The fraction of sp³-hybridized carbons (Fsp3) is 0.348. The summed E-state index contributed by atoms with van der Waals surface area (Å²) in [6, 6.07) is 20.6. The van der Waals surface area contributed by atoms with E-state index < -0.39 is 0 Å². The average Bonchev–Trinajstić information content (AvgIpc) is 3.27. The van der Waals surface area contributed by atoms with Crippen LogP contribution in [0.25, 0.3) is 5.69 Å². The Bertz CT molecular complexity index is 890. The van der Waals surface area contributed by atoms with Crippen LogP contribution in [0.2, 0.25) is 0 Å². The molecule has 0 saturated carbocycles. The van der Waals surface area contributed by atoms with Crippen molar-refractivity contribution in [2.24, 2.45) is 4.99 Å². The molecule has 0 amide bonds. The number of aliphatic imine (C=N–C) groups is 1. The first kappa shape index (κ1) is 21.4. The molecule has 1 aromatic heterocycles. The smallest absolute Gasteiger partial charge is 0.191 e. The number of nitrogens with one attached hydrogen (secondary N) is 2. The van der Waals surface area contributed by atoms with Crippen LogP contribution < -0.4 is 15.5 Å². The van der Waals surface area contributed by atoms with Gasteiger partial charge in [0.15, 0.2) is 11.8 Å². The molecular formula is C23H31N7. The normalized spacial score (nSPS) is 11.3. The van der Waals surface area contributed by atoms with Crippen molar-refractivity contribution in [3.8, 4) is 5.69 Å². The molecule has 158 valence electrons. The van der Waals surface area contributed by atoms with Crippen molar-refractivity contribution < 1.29 is 0 Å². The molecule has 2 aromatic carbocycles. The summed E-state index contributed by atoms with van der Waals surface area (Å²) >= 11 is 0. The van der Waals surface area contributed by atoms with Gasteiger partial charge in [0.2, 0.25) is 0 Å². The minimum Gasteiger partial charge on any atom is -0.372 e. The number of guanidine groups is 1. The predicted octanol–water partition coefficient (Wildman–Crippen LogP) is 3.24. The van der Waals surface area contributed by atoms with Gasteiger partial charge in [-0.25, -0.2) is 4.99 Å². The Hall–Kier alpha value is -3.35. The number of hydrogen-bond donors (Lipinski definition) is 2. The minimum absolute atomic E-state index is 0.454. The van der Waals surface area contributed by atoms with E-state index in [0.717, 1.165) is 50.1 Å². The van der Waals surface area contributed by atoms with Gasteiger partial charge < -0.3 is 15.5 Å². The fourth-order valence-electron chi connectivity index (χ4n) is 3.25. The molecule has 0 fully saturated rings. The third kappa shape index (κ3) is 6.07. The Kier molecular flexibility index (Phi) is 8.26. The molecule has 3 aromatic rings. The molecule has 0 spiro atoms. The van der Waals surface area contributed by atoms with Gasteiger partial charge in [0.25, 0.3) is 0 Å². The van der Waals surface area contributed by atoms with Crippen LogP contribution in [-0.4, -0.2) is 46.9 Å². The molecule has 1 heterocycles. The van der Waals surface area contributed by atoms with Crippen molar-refractivity contribution in [2.45, 2.75) is 26.8 Å². The highest BCUT2D eigenvalue weighted by atomic mass is 15.3. The van der Waals surface area contributed by atoms with Crippen molar-refractivity contribution >= 4 is 11.6 Å². The Morgan fingerprint density at radius 2 is 1.73 bits per heavy atom. The molecule has 30 heavy (non-hydrogen) atoms. The maximum atomic E-state index is 4.69. The standard InChI is InChI=1S/C23H31N7/c1-3-24-23(25-16-11-17-29(4-2)20-12-7-5-8-13-20)26-18-22-28-27-19-30(22)21-14-9-6-10-15-21/h5-10,12-15,19H,3-4,11,16-18H2,1-2H3,(H2,24,25,26). The quantitative estimate of drug-likeness (QED) is 0.308. The van der Waals surface area contributed by atoms with Gasteiger partial charge in [0.1, 0.15) is 12.9 Å². The summed E-state index contributed by atoms with van der Waals surface area (Å²) < 4.78 is 1.96. The van der Waals surface area contributed by atoms with E-state index in [2.05, 4.69) is 69.9 Å². The molecule has 2 N–H and O–H groups in total. The number of benzene rings is 2. The second kappa shape index (κ2) is 11.6. The second-order valence-corrected chi connectivity index (χ2v) is 6.84. The average molecular weight is 406 g/mol. The highest BCUT2D eigenvalue weighted by Gasteiger charge is 2.07. The minimum atomic E-state index is 0.454. The number of nitrogens with zero attached hydrogens (tertiary/aromatic N) is 5. The number of aromatic nitrogens is 3. The van der Waals surface area contributed by atoms with Gasteiger partial charge >= 0.3 is 0 Å². The maximum absolute atomic E-state index is 4.69. The van der Waals surface area contributed by atoms with E-state index in [1.54, 1.807) is 6.33 Å². The molecule has 0 aliphatic rings. The van der Waals surface area contributed by atoms with E-state index in [4.69, 9.17) is 4.99 Å². The van der Waals surface area contributed by atoms with Gasteiger partial charge in [-0.05, 0) is 44.5 Å². The van der Waals surface area contributed by atoms with Crippen molar-refractivity contribution in [1.29, 1.82) is 0 Å². The third-order valence-corrected chi connectivity index (χ3v) is 4.78. The monoisotopic (exact) mass is 405 g/mol. The van der Waals surface area contributed by atoms with Crippen molar-refractivity contribution in [3.63, 3.8) is 0 Å². The van der Waals surface area contributed by atoms with Gasteiger partial charge in [-0.1, -0.05) is 36.4 Å². The lowest BCUT2D eigenvalue weighted by Crippen LogP contribution is -2.39. The number of para-hydroxylation sites is 2. The summed E-state index contributed by atoms with van der Waals surface area (Å²) in [5.41, 5.74) is 2.30. The van der Waals surface area contributed by atoms with E-state index in [9.17, 15) is 0 Å². The largest absolute Gasteiger partial charge is 0.372 e. The maximum Gasteiger partial charge on any atom is 0.191 e. The van der Waals surface area contributed by atoms with E-state index in [0.29, 0.717) is 6.54 Å². The Labute approximate surface area is 178 Å². The molecule has 0 atom stereocenters. The van der Waals surface area contributed by atoms with Crippen molar-refractivity contribution in [3.05, 3.63) is 72.8 Å². The zero-order valence-corrected chi connectivity index (χ0v) is 17.8. The lowest BCUT2D eigenvalue weighted by molar-refractivity contribution is 0.707. The lowest BCUT2D eigenvalue weighted by Gasteiger charge is -2.23. The molecule has 0 aliphatic heterocycles. The van der Waals surface area contributed by atoms with Gasteiger partial charge in [-0.15, -0.1) is 10.2 Å². The van der Waals surface area contributed by atoms with Crippen molar-refractivity contribution in [2.75, 3.05) is 31.1 Å². The molecule has 0 aliphatic carbocycles. The third-order valence-electron chi connectivity index (χ3n) is 4.78. The van der Waals surface area contributed by atoms with Crippen LogP contribution in [-0.2, 0) is 6.54 Å². The Balaban J connectivity index is 1.54. The molecule has 0 radical (unpaired) electrons. The van der Waals surface area contributed by atoms with Gasteiger partial charge in [-0.2, -0.15) is 0 Å². The van der Waals surface area contributed by atoms with Crippen LogP contribution >= 0.6 is 0 Å². The predicted molar refractivity (Wildman–Crippen MR) is 123 cm³/mol. The second-order valence-electron chi connectivity index (χ2n) is 6.84. The van der Waals surface area contributed by atoms with Crippen LogP contribution in [0.5, 0.6) is 0 Å². The molecule has 7 heteroatoms. The molecule has 7 nitrogen and oxygen atoms in total. The molecule has 0 saturated heterocycles. The number of hydrogen-bond acceptors (Lipinski definition) is 4. The summed E-state index contributed by atoms with van der Waals surface area (Å²) in [4.78, 5) is 7.08. The molecule has 0 unspecified atom stereocenters. The van der Waals surface area contributed by atoms with E-state index in [1.807, 2.05) is 34.9 Å². The van der Waals surface area contributed by atoms with Crippen LogP contribution in [0, 0.1) is 0 Å². The zero-order chi connectivity index (χ0) is 21.0. The summed E-state index contributed by atoms with van der Waals surface area (Å²) in [6.45, 7) is 8.35. The first-order valence-electron chi connectivity index (χ1n) is 10.6. The van der Waals surface area contributed by atoms with Gasteiger partial charge in [0, 0.05) is 37.6 Å². The topological polar surface area (TPSA) is 70.4 Å². The lowest BCUT2D eigenvalue weighted by atomic mass is 10.2. The van der Waals surface area contributed by atoms with Crippen LogP contribution in [0.3, 0.4) is 0 Å². The van der Waals surface area contributed by atoms with Crippen LogP contribution in [0.1, 0.15) is 26.1 Å². The van der Waals surface area contributed by atoms with E-state index in [-0.39, 0.29) is 0 Å². The zero-order valence-electron chi connectivity index (χ0n) is 17.8. The van der Waals surface area contributed by atoms with E-state index >= 15 is 0 Å². The highest BCUT2D eigenvalue weighted by Crippen LogP contribution is 2.13.